The van der Waals surface area contributed by atoms with Crippen molar-refractivity contribution in [2.24, 2.45) is 0 Å². The number of methoxy groups -OCH3 is 1. The summed E-state index contributed by atoms with van der Waals surface area (Å²) in [6.07, 6.45) is -1.15. The molecule has 8 heteroatoms. The topological polar surface area (TPSA) is 78.9 Å². The Morgan fingerprint density at radius 2 is 1.78 bits per heavy atom. The van der Waals surface area contributed by atoms with E-state index in [4.69, 9.17) is 0 Å². The predicted molar refractivity (Wildman–Crippen MR) is 66.5 cm³/mol. The van der Waals surface area contributed by atoms with Crippen molar-refractivity contribution in [3.8, 4) is 0 Å². The lowest BCUT2D eigenvalue weighted by atomic mass is 10.3. The highest BCUT2D eigenvalue weighted by molar-refractivity contribution is 8.27. The van der Waals surface area contributed by atoms with E-state index in [1.54, 1.807) is 17.7 Å². The van der Waals surface area contributed by atoms with Crippen LogP contribution in [0, 0.1) is 0 Å². The second-order valence-corrected chi connectivity index (χ2v) is 4.83. The summed E-state index contributed by atoms with van der Waals surface area (Å²) < 4.78 is 13.7. The highest BCUT2D eigenvalue weighted by Crippen LogP contribution is 2.40. The first kappa shape index (κ1) is 14.7. The molecule has 98 valence electrons. The van der Waals surface area contributed by atoms with Crippen molar-refractivity contribution < 1.29 is 28.6 Å². The van der Waals surface area contributed by atoms with Gasteiger partial charge in [-0.3, -0.25) is 0 Å². The molecule has 0 aromatic rings. The monoisotopic (exact) mass is 290 g/mol. The summed E-state index contributed by atoms with van der Waals surface area (Å²) >= 11 is 2.34. The number of thioether (sulfide) groups is 2. The lowest BCUT2D eigenvalue weighted by Crippen LogP contribution is -2.21. The molecule has 0 unspecified atom stereocenters. The normalized spacial score (nSPS) is 13.1. The van der Waals surface area contributed by atoms with Gasteiger partial charge in [-0.2, -0.15) is 0 Å². The van der Waals surface area contributed by atoms with Gasteiger partial charge in [0.2, 0.25) is 0 Å². The maximum absolute atomic E-state index is 11.7. The van der Waals surface area contributed by atoms with Crippen LogP contribution < -0.4 is 0 Å². The minimum atomic E-state index is -1.15. The van der Waals surface area contributed by atoms with Crippen LogP contribution in [-0.4, -0.2) is 31.8 Å². The molecule has 0 bridgehead atoms. The largest absolute Gasteiger partial charge is 0.516 e. The van der Waals surface area contributed by atoms with Crippen LogP contribution in [0.25, 0.3) is 0 Å². The van der Waals surface area contributed by atoms with E-state index in [1.165, 1.54) is 23.5 Å². The number of esters is 2. The Bertz CT molecular complexity index is 416. The highest BCUT2D eigenvalue weighted by Gasteiger charge is 2.29. The predicted octanol–water partition coefficient (Wildman–Crippen LogP) is 2.02. The van der Waals surface area contributed by atoms with E-state index < -0.39 is 18.1 Å². The van der Waals surface area contributed by atoms with Crippen molar-refractivity contribution in [1.29, 1.82) is 0 Å². The zero-order valence-electron chi connectivity index (χ0n) is 9.63. The van der Waals surface area contributed by atoms with Crippen molar-refractivity contribution in [2.45, 2.75) is 6.92 Å². The van der Waals surface area contributed by atoms with Crippen LogP contribution in [0.2, 0.25) is 0 Å². The molecule has 18 heavy (non-hydrogen) atoms. The molecule has 0 amide bonds. The maximum atomic E-state index is 11.7. The molecule has 0 saturated heterocycles. The minimum Gasteiger partial charge on any atom is -0.465 e. The van der Waals surface area contributed by atoms with Gasteiger partial charge in [-0.1, -0.05) is 23.5 Å². The van der Waals surface area contributed by atoms with Crippen LogP contribution in [0.15, 0.2) is 20.6 Å². The quantitative estimate of drug-likeness (QED) is 0.338. The number of ether oxygens (including phenoxy) is 3. The van der Waals surface area contributed by atoms with Crippen LogP contribution in [0.1, 0.15) is 6.92 Å². The molecule has 0 radical (unpaired) electrons. The molecular formula is C10H10O6S2. The van der Waals surface area contributed by atoms with Crippen molar-refractivity contribution in [3.05, 3.63) is 20.6 Å². The average Bonchev–Trinajstić information content (AvgIpc) is 2.82. The van der Waals surface area contributed by atoms with Gasteiger partial charge in [-0.25, -0.2) is 14.4 Å². The molecule has 0 aromatic carbocycles. The van der Waals surface area contributed by atoms with Crippen LogP contribution >= 0.6 is 23.5 Å². The van der Waals surface area contributed by atoms with Crippen molar-refractivity contribution in [3.63, 3.8) is 0 Å². The number of hydrogen-bond acceptors (Lipinski definition) is 8. The molecule has 0 saturated carbocycles. The van der Waals surface area contributed by atoms with Gasteiger partial charge in [0.1, 0.15) is 0 Å². The van der Waals surface area contributed by atoms with Crippen molar-refractivity contribution in [1.82, 2.24) is 0 Å². The second kappa shape index (κ2) is 7.12. The molecule has 0 N–H and O–H groups in total. The fourth-order valence-electron chi connectivity index (χ4n) is 0.951. The minimum absolute atomic E-state index is 0.0707. The summed E-state index contributed by atoms with van der Waals surface area (Å²) in [6.45, 7) is 1.64. The van der Waals surface area contributed by atoms with Gasteiger partial charge in [0.05, 0.1) is 18.0 Å². The SMILES string of the molecule is CCOC(=O)OC(=O)C(C(=O)OC)=C1SC=CS1. The Morgan fingerprint density at radius 3 is 2.28 bits per heavy atom. The summed E-state index contributed by atoms with van der Waals surface area (Å²) in [5.41, 5.74) is -0.314. The van der Waals surface area contributed by atoms with Crippen LogP contribution in [0.4, 0.5) is 4.79 Å². The zero-order chi connectivity index (χ0) is 13.5. The average molecular weight is 290 g/mol. The van der Waals surface area contributed by atoms with E-state index in [-0.39, 0.29) is 12.2 Å². The standard InChI is InChI=1S/C10H10O6S2/c1-3-15-10(13)16-8(12)6(7(11)14-2)9-17-4-5-18-9/h4-5H,3H2,1-2H3. The molecule has 1 aliphatic rings. The molecule has 0 aromatic heterocycles. The molecule has 1 rings (SSSR count). The summed E-state index contributed by atoms with van der Waals surface area (Å²) in [6, 6.07) is 0. The summed E-state index contributed by atoms with van der Waals surface area (Å²) in [7, 11) is 1.14. The highest BCUT2D eigenvalue weighted by atomic mass is 32.2. The first-order valence-electron chi connectivity index (χ1n) is 4.80. The Hall–Kier alpha value is -1.41. The van der Waals surface area contributed by atoms with Crippen LogP contribution in [-0.2, 0) is 23.8 Å². The molecule has 0 fully saturated rings. The van der Waals surface area contributed by atoms with E-state index in [0.29, 0.717) is 4.24 Å². The molecule has 1 aliphatic heterocycles. The smallest absolute Gasteiger partial charge is 0.465 e. The van der Waals surface area contributed by atoms with Gasteiger partial charge in [0.25, 0.3) is 0 Å². The van der Waals surface area contributed by atoms with Gasteiger partial charge >= 0.3 is 18.1 Å². The maximum Gasteiger partial charge on any atom is 0.516 e. The third-order valence-electron chi connectivity index (χ3n) is 1.64. The van der Waals surface area contributed by atoms with Gasteiger partial charge in [0, 0.05) is 0 Å². The molecule has 0 aliphatic carbocycles. The Morgan fingerprint density at radius 1 is 1.17 bits per heavy atom. The van der Waals surface area contributed by atoms with E-state index in [9.17, 15) is 14.4 Å². The molecule has 1 heterocycles. The van der Waals surface area contributed by atoms with Crippen LogP contribution in [0.5, 0.6) is 0 Å². The summed E-state index contributed by atoms with van der Waals surface area (Å²) in [5, 5.41) is 3.39. The zero-order valence-corrected chi connectivity index (χ0v) is 11.3. The van der Waals surface area contributed by atoms with E-state index >= 15 is 0 Å². The molecule has 6 nitrogen and oxygen atoms in total. The molecule has 0 spiro atoms. The summed E-state index contributed by atoms with van der Waals surface area (Å²) in [5.74, 6) is -1.94. The Kier molecular flexibility index (Phi) is 5.79. The number of rotatable bonds is 3. The fraction of sp³-hybridized carbons (Fsp3) is 0.300. The van der Waals surface area contributed by atoms with E-state index in [2.05, 4.69) is 14.2 Å². The van der Waals surface area contributed by atoms with E-state index in [1.807, 2.05) is 0 Å². The van der Waals surface area contributed by atoms with Crippen LogP contribution in [0.3, 0.4) is 0 Å². The number of carbonyl (C=O) groups excluding carboxylic acids is 3. The van der Waals surface area contributed by atoms with Gasteiger partial charge < -0.3 is 14.2 Å². The first-order chi connectivity index (χ1) is 8.60. The Balaban J connectivity index is 2.85. The number of carbonyl (C=O) groups is 3. The fourth-order valence-corrected chi connectivity index (χ4v) is 2.77. The number of hydrogen-bond donors (Lipinski definition) is 0. The third-order valence-corrected chi connectivity index (χ3v) is 3.77. The van der Waals surface area contributed by atoms with Crippen molar-refractivity contribution in [2.75, 3.05) is 13.7 Å². The van der Waals surface area contributed by atoms with Gasteiger partial charge in [-0.15, -0.1) is 0 Å². The Labute approximate surface area is 112 Å². The third kappa shape index (κ3) is 3.81. The lowest BCUT2D eigenvalue weighted by Gasteiger charge is -2.07. The lowest BCUT2D eigenvalue weighted by molar-refractivity contribution is -0.143. The van der Waals surface area contributed by atoms with Gasteiger partial charge in [-0.05, 0) is 17.7 Å². The second-order valence-electron chi connectivity index (χ2n) is 2.73. The van der Waals surface area contributed by atoms with Gasteiger partial charge in [0.15, 0.2) is 5.57 Å². The molecule has 0 atom stereocenters. The first-order valence-corrected chi connectivity index (χ1v) is 6.56. The van der Waals surface area contributed by atoms with Crippen molar-refractivity contribution >= 4 is 41.6 Å². The van der Waals surface area contributed by atoms with E-state index in [0.717, 1.165) is 7.11 Å². The summed E-state index contributed by atoms with van der Waals surface area (Å²) in [4.78, 5) is 34.2. The molecular weight excluding hydrogens is 280 g/mol.